The Morgan fingerprint density at radius 3 is 3.14 bits per heavy atom. The van der Waals surface area contributed by atoms with Gasteiger partial charge in [0.15, 0.2) is 0 Å². The predicted molar refractivity (Wildman–Crippen MR) is 77.8 cm³/mol. The van der Waals surface area contributed by atoms with Crippen LogP contribution in [0.25, 0.3) is 11.5 Å². The van der Waals surface area contributed by atoms with Crippen LogP contribution in [0.5, 0.6) is 0 Å². The second-order valence-electron chi connectivity index (χ2n) is 5.25. The van der Waals surface area contributed by atoms with Crippen molar-refractivity contribution in [2.45, 2.75) is 25.9 Å². The largest absolute Gasteiger partial charge is 0.375 e. The minimum absolute atomic E-state index is 0.0905. The van der Waals surface area contributed by atoms with E-state index in [1.54, 1.807) is 6.20 Å². The first kappa shape index (κ1) is 14.6. The fraction of sp³-hybridized carbons (Fsp3) is 0.467. The summed E-state index contributed by atoms with van der Waals surface area (Å²) in [6.45, 7) is 3.85. The summed E-state index contributed by atoms with van der Waals surface area (Å²) in [6.07, 6.45) is 2.56. The van der Waals surface area contributed by atoms with Crippen molar-refractivity contribution in [2.24, 2.45) is 0 Å². The Morgan fingerprint density at radius 1 is 1.45 bits per heavy atom. The average molecular weight is 302 g/mol. The van der Waals surface area contributed by atoms with E-state index >= 15 is 0 Å². The number of hydrogen-bond acceptors (Lipinski definition) is 6. The third-order valence-electron chi connectivity index (χ3n) is 3.51. The lowest BCUT2D eigenvalue weighted by atomic mass is 10.2. The molecule has 2 aromatic rings. The topological polar surface area (TPSA) is 81.4 Å². The third kappa shape index (κ3) is 3.48. The van der Waals surface area contributed by atoms with Crippen molar-refractivity contribution in [2.75, 3.05) is 19.7 Å². The molecule has 3 rings (SSSR count). The molecule has 2 aromatic heterocycles. The molecule has 1 amide bonds. The first-order valence-electron chi connectivity index (χ1n) is 7.36. The molecule has 1 unspecified atom stereocenters. The predicted octanol–water partition coefficient (Wildman–Crippen LogP) is 1.31. The molecule has 0 saturated carbocycles. The smallest absolute Gasteiger partial charge is 0.227 e. The fourth-order valence-corrected chi connectivity index (χ4v) is 2.37. The summed E-state index contributed by atoms with van der Waals surface area (Å²) in [5.74, 6) is 0.992. The fourth-order valence-electron chi connectivity index (χ4n) is 2.37. The molecule has 0 aromatic carbocycles. The van der Waals surface area contributed by atoms with Gasteiger partial charge in [-0.2, -0.15) is 4.98 Å². The number of aromatic nitrogens is 3. The van der Waals surface area contributed by atoms with Gasteiger partial charge in [0, 0.05) is 32.1 Å². The van der Waals surface area contributed by atoms with Crippen LogP contribution >= 0.6 is 0 Å². The van der Waals surface area contributed by atoms with E-state index < -0.39 is 0 Å². The third-order valence-corrected chi connectivity index (χ3v) is 3.51. The van der Waals surface area contributed by atoms with Crippen molar-refractivity contribution in [1.82, 2.24) is 20.0 Å². The van der Waals surface area contributed by atoms with Crippen LogP contribution in [-0.4, -0.2) is 51.7 Å². The van der Waals surface area contributed by atoms with E-state index in [4.69, 9.17) is 9.26 Å². The number of morpholine rings is 1. The van der Waals surface area contributed by atoms with Gasteiger partial charge in [-0.3, -0.25) is 9.78 Å². The van der Waals surface area contributed by atoms with Crippen molar-refractivity contribution in [1.29, 1.82) is 0 Å². The number of rotatable bonds is 4. The molecule has 0 radical (unpaired) electrons. The van der Waals surface area contributed by atoms with Gasteiger partial charge in [-0.25, -0.2) is 0 Å². The molecule has 0 N–H and O–H groups in total. The number of hydrogen-bond donors (Lipinski definition) is 0. The first-order chi connectivity index (χ1) is 10.7. The summed E-state index contributed by atoms with van der Waals surface area (Å²) in [4.78, 5) is 22.4. The van der Waals surface area contributed by atoms with Crippen LogP contribution in [0.15, 0.2) is 28.9 Å². The Hall–Kier alpha value is -2.28. The molecular formula is C15H18N4O3. The van der Waals surface area contributed by atoms with E-state index in [1.807, 2.05) is 30.0 Å². The molecular weight excluding hydrogens is 284 g/mol. The number of pyridine rings is 1. The summed E-state index contributed by atoms with van der Waals surface area (Å²) in [5, 5.41) is 3.90. The molecule has 22 heavy (non-hydrogen) atoms. The van der Waals surface area contributed by atoms with E-state index in [-0.39, 0.29) is 12.0 Å². The monoisotopic (exact) mass is 302 g/mol. The highest BCUT2D eigenvalue weighted by Crippen LogP contribution is 2.13. The van der Waals surface area contributed by atoms with Crippen LogP contribution in [0.4, 0.5) is 0 Å². The van der Waals surface area contributed by atoms with Crippen molar-refractivity contribution in [3.8, 4) is 11.5 Å². The van der Waals surface area contributed by atoms with E-state index in [2.05, 4.69) is 15.1 Å². The molecule has 0 bridgehead atoms. The molecule has 1 atom stereocenters. The van der Waals surface area contributed by atoms with Crippen molar-refractivity contribution in [3.05, 3.63) is 30.3 Å². The van der Waals surface area contributed by atoms with E-state index in [0.717, 1.165) is 0 Å². The summed E-state index contributed by atoms with van der Waals surface area (Å²) < 4.78 is 10.6. The van der Waals surface area contributed by atoms with Gasteiger partial charge in [-0.15, -0.1) is 0 Å². The lowest BCUT2D eigenvalue weighted by Gasteiger charge is -2.31. The average Bonchev–Trinajstić information content (AvgIpc) is 3.02. The maximum atomic E-state index is 12.2. The van der Waals surface area contributed by atoms with Crippen molar-refractivity contribution in [3.63, 3.8) is 0 Å². The van der Waals surface area contributed by atoms with Gasteiger partial charge < -0.3 is 14.2 Å². The van der Waals surface area contributed by atoms with Crippen LogP contribution in [-0.2, 0) is 16.0 Å². The molecule has 1 saturated heterocycles. The van der Waals surface area contributed by atoms with Gasteiger partial charge in [-0.05, 0) is 19.1 Å². The minimum Gasteiger partial charge on any atom is -0.375 e. The van der Waals surface area contributed by atoms with Crippen LogP contribution < -0.4 is 0 Å². The molecule has 7 heteroatoms. The number of carbonyl (C=O) groups is 1. The van der Waals surface area contributed by atoms with E-state index in [0.29, 0.717) is 49.9 Å². The maximum Gasteiger partial charge on any atom is 0.227 e. The van der Waals surface area contributed by atoms with Crippen LogP contribution in [0.1, 0.15) is 19.2 Å². The molecule has 0 spiro atoms. The van der Waals surface area contributed by atoms with Gasteiger partial charge >= 0.3 is 0 Å². The first-order valence-corrected chi connectivity index (χ1v) is 7.36. The Kier molecular flexibility index (Phi) is 4.43. The highest BCUT2D eigenvalue weighted by molar-refractivity contribution is 5.76. The van der Waals surface area contributed by atoms with Gasteiger partial charge in [0.05, 0.1) is 12.7 Å². The lowest BCUT2D eigenvalue weighted by molar-refractivity contribution is -0.138. The molecule has 3 heterocycles. The van der Waals surface area contributed by atoms with Gasteiger partial charge in [0.2, 0.25) is 17.6 Å². The van der Waals surface area contributed by atoms with Crippen LogP contribution in [0.2, 0.25) is 0 Å². The molecule has 7 nitrogen and oxygen atoms in total. The summed E-state index contributed by atoms with van der Waals surface area (Å²) in [7, 11) is 0. The van der Waals surface area contributed by atoms with Crippen LogP contribution in [0, 0.1) is 0 Å². The number of ether oxygens (including phenoxy) is 1. The van der Waals surface area contributed by atoms with Crippen molar-refractivity contribution >= 4 is 5.91 Å². The normalized spacial score (nSPS) is 18.4. The molecule has 1 aliphatic heterocycles. The number of carbonyl (C=O) groups excluding carboxylic acids is 1. The molecule has 0 aliphatic carbocycles. The summed E-state index contributed by atoms with van der Waals surface area (Å²) in [6, 6.07) is 5.50. The second-order valence-corrected chi connectivity index (χ2v) is 5.25. The minimum atomic E-state index is 0.0905. The number of aryl methyl sites for hydroxylation is 1. The van der Waals surface area contributed by atoms with E-state index in [1.165, 1.54) is 0 Å². The molecule has 1 aliphatic rings. The maximum absolute atomic E-state index is 12.2. The Bertz CT molecular complexity index is 629. The highest BCUT2D eigenvalue weighted by Gasteiger charge is 2.21. The molecule has 1 fully saturated rings. The Balaban J connectivity index is 1.56. The van der Waals surface area contributed by atoms with Gasteiger partial charge in [0.1, 0.15) is 5.69 Å². The SMILES string of the molecule is CC1CN(C(=O)CCc2nc(-c3ccccn3)no2)CCO1. The number of amides is 1. The Morgan fingerprint density at radius 2 is 2.36 bits per heavy atom. The lowest BCUT2D eigenvalue weighted by Crippen LogP contribution is -2.44. The Labute approximate surface area is 128 Å². The zero-order valence-corrected chi connectivity index (χ0v) is 12.4. The van der Waals surface area contributed by atoms with Crippen molar-refractivity contribution < 1.29 is 14.1 Å². The number of nitrogens with zero attached hydrogens (tertiary/aromatic N) is 4. The standard InChI is InChI=1S/C15H18N4O3/c1-11-10-19(8-9-21-11)14(20)6-5-13-17-15(18-22-13)12-4-2-3-7-16-12/h2-4,7,11H,5-6,8-10H2,1H3. The zero-order valence-electron chi connectivity index (χ0n) is 12.4. The van der Waals surface area contributed by atoms with Gasteiger partial charge in [-0.1, -0.05) is 11.2 Å². The zero-order chi connectivity index (χ0) is 15.4. The molecule has 116 valence electrons. The summed E-state index contributed by atoms with van der Waals surface area (Å²) >= 11 is 0. The highest BCUT2D eigenvalue weighted by atomic mass is 16.5. The van der Waals surface area contributed by atoms with Gasteiger partial charge in [0.25, 0.3) is 0 Å². The quantitative estimate of drug-likeness (QED) is 0.847. The van der Waals surface area contributed by atoms with Crippen LogP contribution in [0.3, 0.4) is 0 Å². The van der Waals surface area contributed by atoms with E-state index in [9.17, 15) is 4.79 Å². The second kappa shape index (κ2) is 6.65. The summed E-state index contributed by atoms with van der Waals surface area (Å²) in [5.41, 5.74) is 0.658.